The Morgan fingerprint density at radius 2 is 2.00 bits per heavy atom. The third kappa shape index (κ3) is 4.72. The van der Waals surface area contributed by atoms with Crippen molar-refractivity contribution in [2.24, 2.45) is 11.8 Å². The standard InChI is InChI=1S/C16H24F3N3O/c1-10-4-6-13(7-5-10)20-15(23)11(2)9-22-12(3)8-14(21-22)16(17,18)19/h8,10-11,13H,4-7,9H2,1-3H3,(H,20,23)/t10?,11-,13?/m0/s1. The van der Waals surface area contributed by atoms with E-state index < -0.39 is 17.8 Å². The lowest BCUT2D eigenvalue weighted by atomic mass is 9.87. The van der Waals surface area contributed by atoms with E-state index in [1.807, 2.05) is 0 Å². The van der Waals surface area contributed by atoms with E-state index in [0.29, 0.717) is 11.6 Å². The molecule has 0 bridgehead atoms. The molecule has 1 aromatic rings. The van der Waals surface area contributed by atoms with Crippen molar-refractivity contribution in [3.63, 3.8) is 0 Å². The molecule has 7 heteroatoms. The lowest BCUT2D eigenvalue weighted by Crippen LogP contribution is -2.41. The number of alkyl halides is 3. The maximum absolute atomic E-state index is 12.7. The summed E-state index contributed by atoms with van der Waals surface area (Å²) in [5.74, 6) is 0.162. The molecule has 1 aromatic heterocycles. The summed E-state index contributed by atoms with van der Waals surface area (Å²) in [7, 11) is 0. The molecule has 2 rings (SSSR count). The van der Waals surface area contributed by atoms with Crippen LogP contribution in [0.5, 0.6) is 0 Å². The maximum Gasteiger partial charge on any atom is 0.435 e. The number of hydrogen-bond donors (Lipinski definition) is 1. The largest absolute Gasteiger partial charge is 0.435 e. The molecular formula is C16H24F3N3O. The van der Waals surface area contributed by atoms with Crippen molar-refractivity contribution >= 4 is 5.91 Å². The number of nitrogens with zero attached hydrogens (tertiary/aromatic N) is 2. The molecule has 1 fully saturated rings. The van der Waals surface area contributed by atoms with Crippen LogP contribution in [0.15, 0.2) is 6.07 Å². The Morgan fingerprint density at radius 1 is 1.39 bits per heavy atom. The van der Waals surface area contributed by atoms with Crippen molar-refractivity contribution in [1.82, 2.24) is 15.1 Å². The molecule has 1 aliphatic rings. The highest BCUT2D eigenvalue weighted by Gasteiger charge is 2.34. The fourth-order valence-electron chi connectivity index (χ4n) is 2.92. The number of aryl methyl sites for hydroxylation is 1. The van der Waals surface area contributed by atoms with Crippen LogP contribution < -0.4 is 5.32 Å². The van der Waals surface area contributed by atoms with Crippen LogP contribution in [0.2, 0.25) is 0 Å². The molecule has 0 saturated heterocycles. The Morgan fingerprint density at radius 3 is 2.52 bits per heavy atom. The van der Waals surface area contributed by atoms with Gasteiger partial charge in [0.2, 0.25) is 5.91 Å². The molecule has 1 heterocycles. The van der Waals surface area contributed by atoms with Gasteiger partial charge in [-0.1, -0.05) is 13.8 Å². The smallest absolute Gasteiger partial charge is 0.353 e. The molecule has 1 N–H and O–H groups in total. The van der Waals surface area contributed by atoms with Gasteiger partial charge in [-0.2, -0.15) is 18.3 Å². The number of carbonyl (C=O) groups excluding carboxylic acids is 1. The first kappa shape index (κ1) is 17.8. The van der Waals surface area contributed by atoms with Gasteiger partial charge in [-0.05, 0) is 44.6 Å². The zero-order valence-corrected chi connectivity index (χ0v) is 13.8. The Kier molecular flexibility index (Phi) is 5.37. The summed E-state index contributed by atoms with van der Waals surface area (Å²) in [4.78, 5) is 12.2. The van der Waals surface area contributed by atoms with Gasteiger partial charge >= 0.3 is 6.18 Å². The van der Waals surface area contributed by atoms with Crippen LogP contribution in [0.4, 0.5) is 13.2 Å². The summed E-state index contributed by atoms with van der Waals surface area (Å²) in [6, 6.07) is 1.19. The molecule has 0 aliphatic heterocycles. The number of hydrogen-bond acceptors (Lipinski definition) is 2. The zero-order valence-electron chi connectivity index (χ0n) is 13.8. The molecular weight excluding hydrogens is 307 g/mol. The number of halogens is 3. The van der Waals surface area contributed by atoms with Crippen molar-refractivity contribution in [2.45, 2.75) is 65.2 Å². The van der Waals surface area contributed by atoms with E-state index in [1.165, 1.54) is 4.68 Å². The number of rotatable bonds is 4. The Hall–Kier alpha value is -1.53. The van der Waals surface area contributed by atoms with E-state index in [-0.39, 0.29) is 18.5 Å². The average Bonchev–Trinajstić information content (AvgIpc) is 2.82. The van der Waals surface area contributed by atoms with Crippen molar-refractivity contribution < 1.29 is 18.0 Å². The van der Waals surface area contributed by atoms with Crippen LogP contribution in [0.25, 0.3) is 0 Å². The third-order valence-corrected chi connectivity index (χ3v) is 4.53. The van der Waals surface area contributed by atoms with E-state index in [2.05, 4.69) is 17.3 Å². The quantitative estimate of drug-likeness (QED) is 0.917. The highest BCUT2D eigenvalue weighted by molar-refractivity contribution is 5.78. The van der Waals surface area contributed by atoms with Gasteiger partial charge in [-0.15, -0.1) is 0 Å². The van der Waals surface area contributed by atoms with Crippen molar-refractivity contribution in [2.75, 3.05) is 0 Å². The zero-order chi connectivity index (χ0) is 17.2. The number of aromatic nitrogens is 2. The molecule has 1 saturated carbocycles. The minimum absolute atomic E-state index is 0.118. The maximum atomic E-state index is 12.7. The minimum Gasteiger partial charge on any atom is -0.353 e. The normalized spacial score (nSPS) is 23.6. The predicted octanol–water partition coefficient (Wildman–Crippen LogP) is 3.54. The highest BCUT2D eigenvalue weighted by atomic mass is 19.4. The van der Waals surface area contributed by atoms with Gasteiger partial charge in [0, 0.05) is 11.7 Å². The van der Waals surface area contributed by atoms with Crippen LogP contribution in [0.3, 0.4) is 0 Å². The van der Waals surface area contributed by atoms with Crippen molar-refractivity contribution in [3.05, 3.63) is 17.5 Å². The van der Waals surface area contributed by atoms with Crippen LogP contribution in [-0.2, 0) is 17.5 Å². The van der Waals surface area contributed by atoms with Gasteiger partial charge in [0.25, 0.3) is 0 Å². The molecule has 1 atom stereocenters. The summed E-state index contributed by atoms with van der Waals surface area (Å²) >= 11 is 0. The van der Waals surface area contributed by atoms with Crippen LogP contribution >= 0.6 is 0 Å². The van der Waals surface area contributed by atoms with Gasteiger partial charge in [0.05, 0.1) is 12.5 Å². The van der Waals surface area contributed by atoms with Crippen LogP contribution in [0.1, 0.15) is 50.9 Å². The van der Waals surface area contributed by atoms with E-state index in [4.69, 9.17) is 0 Å². The summed E-state index contributed by atoms with van der Waals surface area (Å²) in [5, 5.41) is 6.59. The number of carbonyl (C=O) groups is 1. The summed E-state index contributed by atoms with van der Waals surface area (Å²) < 4.78 is 39.2. The second kappa shape index (κ2) is 6.93. The molecule has 0 spiro atoms. The molecule has 0 unspecified atom stereocenters. The van der Waals surface area contributed by atoms with Gasteiger partial charge in [-0.3, -0.25) is 9.48 Å². The fraction of sp³-hybridized carbons (Fsp3) is 0.750. The van der Waals surface area contributed by atoms with Crippen molar-refractivity contribution in [3.8, 4) is 0 Å². The Bertz CT molecular complexity index is 545. The van der Waals surface area contributed by atoms with E-state index in [0.717, 1.165) is 31.7 Å². The Labute approximate surface area is 134 Å². The van der Waals surface area contributed by atoms with Crippen LogP contribution in [-0.4, -0.2) is 21.7 Å². The van der Waals surface area contributed by atoms with E-state index in [1.54, 1.807) is 13.8 Å². The SMILES string of the molecule is Cc1cc(C(F)(F)F)nn1C[C@H](C)C(=O)NC1CCC(C)CC1. The summed E-state index contributed by atoms with van der Waals surface area (Å²) in [6.07, 6.45) is -0.309. The predicted molar refractivity (Wildman–Crippen MR) is 80.7 cm³/mol. The first-order valence-electron chi connectivity index (χ1n) is 8.09. The molecule has 1 amide bonds. The lowest BCUT2D eigenvalue weighted by Gasteiger charge is -2.28. The van der Waals surface area contributed by atoms with Gasteiger partial charge < -0.3 is 5.32 Å². The van der Waals surface area contributed by atoms with Crippen LogP contribution in [0, 0.1) is 18.8 Å². The molecule has 0 aromatic carbocycles. The average molecular weight is 331 g/mol. The first-order chi connectivity index (χ1) is 10.7. The highest BCUT2D eigenvalue weighted by Crippen LogP contribution is 2.28. The third-order valence-electron chi connectivity index (χ3n) is 4.53. The van der Waals surface area contributed by atoms with Gasteiger partial charge in [0.1, 0.15) is 0 Å². The first-order valence-corrected chi connectivity index (χ1v) is 8.09. The van der Waals surface area contributed by atoms with E-state index >= 15 is 0 Å². The molecule has 130 valence electrons. The molecule has 0 radical (unpaired) electrons. The molecule has 23 heavy (non-hydrogen) atoms. The van der Waals surface area contributed by atoms with Gasteiger partial charge in [0.15, 0.2) is 5.69 Å². The minimum atomic E-state index is -4.46. The van der Waals surface area contributed by atoms with Crippen molar-refractivity contribution in [1.29, 1.82) is 0 Å². The van der Waals surface area contributed by atoms with Gasteiger partial charge in [-0.25, -0.2) is 0 Å². The lowest BCUT2D eigenvalue weighted by molar-refractivity contribution is -0.141. The second-order valence-electron chi connectivity index (χ2n) is 6.72. The monoisotopic (exact) mass is 331 g/mol. The fourth-order valence-corrected chi connectivity index (χ4v) is 2.92. The summed E-state index contributed by atoms with van der Waals surface area (Å²) in [5.41, 5.74) is -0.507. The van der Waals surface area contributed by atoms with E-state index in [9.17, 15) is 18.0 Å². The Balaban J connectivity index is 1.92. The number of nitrogens with one attached hydrogen (secondary N) is 1. The number of amides is 1. The molecule has 4 nitrogen and oxygen atoms in total. The summed E-state index contributed by atoms with van der Waals surface area (Å²) in [6.45, 7) is 5.64. The topological polar surface area (TPSA) is 46.9 Å². The second-order valence-corrected chi connectivity index (χ2v) is 6.72. The molecule has 1 aliphatic carbocycles.